The Kier molecular flexibility index (Phi) is 3.65. The monoisotopic (exact) mass is 335 g/mol. The lowest BCUT2D eigenvalue weighted by Gasteiger charge is -2.16. The molecular weight excluding hydrogens is 329 g/mol. The predicted molar refractivity (Wildman–Crippen MR) is 57.2 cm³/mol. The summed E-state index contributed by atoms with van der Waals surface area (Å²) in [5, 5.41) is 0.256. The summed E-state index contributed by atoms with van der Waals surface area (Å²) in [5.74, 6) is 0. The summed E-state index contributed by atoms with van der Waals surface area (Å²) in [6.07, 6.45) is -4.44. The third-order valence-corrected chi connectivity index (χ3v) is 2.44. The van der Waals surface area contributed by atoms with E-state index in [2.05, 4.69) is 0 Å². The number of nitrogens with two attached hydrogens (primary N) is 1. The van der Waals surface area contributed by atoms with Crippen LogP contribution in [0.4, 0.5) is 13.2 Å². The van der Waals surface area contributed by atoms with Gasteiger partial charge in [0.05, 0.1) is 0 Å². The van der Waals surface area contributed by atoms with Crippen molar-refractivity contribution in [3.05, 3.63) is 32.4 Å². The number of benzene rings is 1. The van der Waals surface area contributed by atoms with Crippen LogP contribution in [0.1, 0.15) is 11.6 Å². The molecule has 0 heterocycles. The van der Waals surface area contributed by atoms with E-state index in [0.717, 1.165) is 0 Å². The molecule has 0 aliphatic rings. The second kappa shape index (κ2) is 4.24. The molecule has 1 atom stereocenters. The molecule has 0 saturated heterocycles. The van der Waals surface area contributed by atoms with Crippen molar-refractivity contribution in [3.8, 4) is 0 Å². The average Bonchev–Trinajstić information content (AvgIpc) is 1.99. The molecule has 2 N–H and O–H groups in total. The van der Waals surface area contributed by atoms with Crippen LogP contribution in [-0.4, -0.2) is 6.18 Å². The molecule has 78 valence electrons. The Labute approximate surface area is 97.6 Å². The second-order valence-electron chi connectivity index (χ2n) is 2.72. The van der Waals surface area contributed by atoms with Crippen LogP contribution in [0, 0.1) is 3.57 Å². The van der Waals surface area contributed by atoms with E-state index >= 15 is 0 Å². The Hall–Kier alpha value is -0.0100. The summed E-state index contributed by atoms with van der Waals surface area (Å²) in [6.45, 7) is 0. The molecule has 6 heteroatoms. The van der Waals surface area contributed by atoms with Gasteiger partial charge in [0, 0.05) is 8.59 Å². The standard InChI is InChI=1S/C8H6ClF3IN/c9-5-1-4(2-6(13)3-5)7(14)8(10,11)12/h1-3,7H,14H2/t7-/m0/s1. The first-order valence-corrected chi connectivity index (χ1v) is 5.04. The van der Waals surface area contributed by atoms with Crippen molar-refractivity contribution in [3.63, 3.8) is 0 Å². The Morgan fingerprint density at radius 3 is 2.29 bits per heavy atom. The van der Waals surface area contributed by atoms with Crippen molar-refractivity contribution in [1.29, 1.82) is 0 Å². The lowest BCUT2D eigenvalue weighted by Crippen LogP contribution is -2.28. The zero-order valence-electron chi connectivity index (χ0n) is 6.78. The highest BCUT2D eigenvalue weighted by Gasteiger charge is 2.37. The first-order chi connectivity index (χ1) is 6.30. The zero-order valence-corrected chi connectivity index (χ0v) is 9.69. The van der Waals surface area contributed by atoms with Crippen LogP contribution in [0.15, 0.2) is 18.2 Å². The zero-order chi connectivity index (χ0) is 10.9. The molecular formula is C8H6ClF3IN. The molecule has 0 bridgehead atoms. The first-order valence-electron chi connectivity index (χ1n) is 3.59. The Balaban J connectivity index is 3.07. The van der Waals surface area contributed by atoms with Crippen LogP contribution in [-0.2, 0) is 0 Å². The number of hydrogen-bond donors (Lipinski definition) is 1. The van der Waals surface area contributed by atoms with Crippen LogP contribution >= 0.6 is 34.2 Å². The van der Waals surface area contributed by atoms with Gasteiger partial charge < -0.3 is 5.73 Å². The average molecular weight is 335 g/mol. The van der Waals surface area contributed by atoms with Gasteiger partial charge in [-0.1, -0.05) is 11.6 Å². The van der Waals surface area contributed by atoms with E-state index in [0.29, 0.717) is 3.57 Å². The van der Waals surface area contributed by atoms with Crippen LogP contribution in [0.2, 0.25) is 5.02 Å². The molecule has 0 aliphatic carbocycles. The Morgan fingerprint density at radius 2 is 1.86 bits per heavy atom. The van der Waals surface area contributed by atoms with E-state index < -0.39 is 12.2 Å². The van der Waals surface area contributed by atoms with Crippen molar-refractivity contribution >= 4 is 34.2 Å². The Morgan fingerprint density at radius 1 is 1.29 bits per heavy atom. The van der Waals surface area contributed by atoms with Gasteiger partial charge in [-0.25, -0.2) is 0 Å². The fraction of sp³-hybridized carbons (Fsp3) is 0.250. The Bertz CT molecular complexity index is 320. The van der Waals surface area contributed by atoms with Crippen LogP contribution < -0.4 is 5.73 Å². The van der Waals surface area contributed by atoms with Crippen molar-refractivity contribution in [2.24, 2.45) is 5.73 Å². The third kappa shape index (κ3) is 2.99. The van der Waals surface area contributed by atoms with Crippen molar-refractivity contribution in [2.45, 2.75) is 12.2 Å². The summed E-state index contributed by atoms with van der Waals surface area (Å²) in [6, 6.07) is 2.18. The second-order valence-corrected chi connectivity index (χ2v) is 4.40. The van der Waals surface area contributed by atoms with Gasteiger partial charge in [-0.3, -0.25) is 0 Å². The minimum atomic E-state index is -4.44. The predicted octanol–water partition coefficient (Wildman–Crippen LogP) is 3.51. The molecule has 0 fully saturated rings. The molecule has 14 heavy (non-hydrogen) atoms. The lowest BCUT2D eigenvalue weighted by molar-refractivity contribution is -0.149. The third-order valence-electron chi connectivity index (χ3n) is 1.60. The van der Waals surface area contributed by atoms with Crippen molar-refractivity contribution in [1.82, 2.24) is 0 Å². The summed E-state index contributed by atoms with van der Waals surface area (Å²) < 4.78 is 37.3. The number of rotatable bonds is 1. The first kappa shape index (κ1) is 12.1. The molecule has 0 radical (unpaired) electrons. The van der Waals surface area contributed by atoms with Crippen LogP contribution in [0.25, 0.3) is 0 Å². The normalized spacial score (nSPS) is 14.1. The molecule has 0 spiro atoms. The maximum absolute atomic E-state index is 12.2. The van der Waals surface area contributed by atoms with E-state index in [1.807, 2.05) is 22.6 Å². The number of hydrogen-bond acceptors (Lipinski definition) is 1. The fourth-order valence-corrected chi connectivity index (χ4v) is 2.07. The van der Waals surface area contributed by atoms with E-state index in [1.165, 1.54) is 12.1 Å². The molecule has 0 unspecified atom stereocenters. The smallest absolute Gasteiger partial charge is 0.316 e. The van der Waals surface area contributed by atoms with Gasteiger partial charge in [-0.2, -0.15) is 13.2 Å². The van der Waals surface area contributed by atoms with Gasteiger partial charge in [0.1, 0.15) is 6.04 Å². The summed E-state index contributed by atoms with van der Waals surface area (Å²) in [7, 11) is 0. The maximum atomic E-state index is 12.2. The summed E-state index contributed by atoms with van der Waals surface area (Å²) in [5.41, 5.74) is 5.00. The van der Waals surface area contributed by atoms with Crippen molar-refractivity contribution in [2.75, 3.05) is 0 Å². The van der Waals surface area contributed by atoms with E-state index in [9.17, 15) is 13.2 Å². The SMILES string of the molecule is N[C@@H](c1cc(Cl)cc(I)c1)C(F)(F)F. The van der Waals surface area contributed by atoms with Gasteiger partial charge in [0.2, 0.25) is 0 Å². The quantitative estimate of drug-likeness (QED) is 0.781. The lowest BCUT2D eigenvalue weighted by atomic mass is 10.1. The highest BCUT2D eigenvalue weighted by atomic mass is 127. The molecule has 1 rings (SSSR count). The van der Waals surface area contributed by atoms with Crippen LogP contribution in [0.5, 0.6) is 0 Å². The van der Waals surface area contributed by atoms with Gasteiger partial charge in [-0.05, 0) is 46.4 Å². The van der Waals surface area contributed by atoms with Gasteiger partial charge in [0.25, 0.3) is 0 Å². The molecule has 1 aromatic rings. The van der Waals surface area contributed by atoms with Gasteiger partial charge in [-0.15, -0.1) is 0 Å². The van der Waals surface area contributed by atoms with Gasteiger partial charge in [0.15, 0.2) is 0 Å². The largest absolute Gasteiger partial charge is 0.407 e. The molecule has 1 nitrogen and oxygen atoms in total. The highest BCUT2D eigenvalue weighted by Crippen LogP contribution is 2.32. The maximum Gasteiger partial charge on any atom is 0.407 e. The topological polar surface area (TPSA) is 26.0 Å². The summed E-state index contributed by atoms with van der Waals surface area (Å²) in [4.78, 5) is 0. The highest BCUT2D eigenvalue weighted by molar-refractivity contribution is 14.1. The van der Waals surface area contributed by atoms with Gasteiger partial charge >= 0.3 is 6.18 Å². The number of alkyl halides is 3. The minimum absolute atomic E-state index is 0.0191. The van der Waals surface area contributed by atoms with E-state index in [1.54, 1.807) is 6.07 Å². The molecule has 0 amide bonds. The molecule has 0 saturated carbocycles. The molecule has 0 aromatic heterocycles. The van der Waals surface area contributed by atoms with E-state index in [4.69, 9.17) is 17.3 Å². The molecule has 0 aliphatic heterocycles. The van der Waals surface area contributed by atoms with Crippen LogP contribution in [0.3, 0.4) is 0 Å². The fourth-order valence-electron chi connectivity index (χ4n) is 0.944. The van der Waals surface area contributed by atoms with E-state index in [-0.39, 0.29) is 10.6 Å². The summed E-state index contributed by atoms with van der Waals surface area (Å²) >= 11 is 7.50. The number of halogens is 5. The minimum Gasteiger partial charge on any atom is -0.316 e. The molecule has 1 aromatic carbocycles. The van der Waals surface area contributed by atoms with Crippen molar-refractivity contribution < 1.29 is 13.2 Å².